The number of aliphatic hydroxyl groups is 1. The van der Waals surface area contributed by atoms with E-state index in [1.165, 1.54) is 4.88 Å². The summed E-state index contributed by atoms with van der Waals surface area (Å²) in [5, 5.41) is 15.2. The minimum absolute atomic E-state index is 0.246. The van der Waals surface area contributed by atoms with Crippen LogP contribution in [0.1, 0.15) is 25.1 Å². The molecule has 14 heavy (non-hydrogen) atoms. The minimum atomic E-state index is -0.246. The molecule has 1 aromatic heterocycles. The van der Waals surface area contributed by atoms with Crippen LogP contribution in [0.2, 0.25) is 5.02 Å². The van der Waals surface area contributed by atoms with E-state index in [1.807, 2.05) is 11.4 Å². The number of hydrogen-bond acceptors (Lipinski definition) is 3. The summed E-state index contributed by atoms with van der Waals surface area (Å²) in [6.07, 6.45) is 0.531. The molecule has 2 nitrogen and oxygen atoms in total. The Hall–Kier alpha value is -0.0900. The first-order valence-corrected chi connectivity index (χ1v) is 5.98. The first-order chi connectivity index (χ1) is 6.58. The maximum Gasteiger partial charge on any atom is 0.0526 e. The Morgan fingerprint density at radius 3 is 2.79 bits per heavy atom. The van der Waals surface area contributed by atoms with Gasteiger partial charge in [-0.3, -0.25) is 0 Å². The summed E-state index contributed by atoms with van der Waals surface area (Å²) in [5.41, 5.74) is 0. The van der Waals surface area contributed by atoms with Crippen LogP contribution in [0.5, 0.6) is 0 Å². The second-order valence-corrected chi connectivity index (χ2v) is 5.03. The SMILES string of the molecule is CC(O)CC(C)NCc1cc(Cl)cs1. The fraction of sp³-hybridized carbons (Fsp3) is 0.600. The zero-order chi connectivity index (χ0) is 10.6. The second kappa shape index (κ2) is 5.71. The molecular formula is C10H16ClNOS. The Labute approximate surface area is 93.9 Å². The molecule has 0 spiro atoms. The largest absolute Gasteiger partial charge is 0.393 e. The van der Waals surface area contributed by atoms with E-state index >= 15 is 0 Å². The topological polar surface area (TPSA) is 32.3 Å². The minimum Gasteiger partial charge on any atom is -0.393 e. The molecule has 0 aliphatic heterocycles. The molecule has 80 valence electrons. The van der Waals surface area contributed by atoms with Crippen molar-refractivity contribution in [3.63, 3.8) is 0 Å². The molecule has 0 aliphatic carbocycles. The van der Waals surface area contributed by atoms with Crippen molar-refractivity contribution < 1.29 is 5.11 Å². The van der Waals surface area contributed by atoms with Crippen LogP contribution < -0.4 is 5.32 Å². The van der Waals surface area contributed by atoms with Gasteiger partial charge in [-0.15, -0.1) is 11.3 Å². The molecule has 4 heteroatoms. The van der Waals surface area contributed by atoms with E-state index in [4.69, 9.17) is 16.7 Å². The van der Waals surface area contributed by atoms with Crippen molar-refractivity contribution in [2.75, 3.05) is 0 Å². The van der Waals surface area contributed by atoms with E-state index in [0.717, 1.165) is 18.0 Å². The molecule has 0 fully saturated rings. The van der Waals surface area contributed by atoms with Gasteiger partial charge in [0.25, 0.3) is 0 Å². The van der Waals surface area contributed by atoms with Gasteiger partial charge in [-0.1, -0.05) is 11.6 Å². The quantitative estimate of drug-likeness (QED) is 0.820. The van der Waals surface area contributed by atoms with Gasteiger partial charge in [-0.2, -0.15) is 0 Å². The molecule has 1 aromatic rings. The normalized spacial score (nSPS) is 15.4. The first kappa shape index (κ1) is 12.0. The lowest BCUT2D eigenvalue weighted by molar-refractivity contribution is 0.170. The summed E-state index contributed by atoms with van der Waals surface area (Å²) in [6.45, 7) is 4.70. The zero-order valence-corrected chi connectivity index (χ0v) is 10.0. The van der Waals surface area contributed by atoms with E-state index in [9.17, 15) is 0 Å². The zero-order valence-electron chi connectivity index (χ0n) is 8.46. The predicted octanol–water partition coefficient (Wildman–Crippen LogP) is 2.65. The fourth-order valence-electron chi connectivity index (χ4n) is 1.32. The summed E-state index contributed by atoms with van der Waals surface area (Å²) in [5.74, 6) is 0. The Balaban J connectivity index is 2.26. The lowest BCUT2D eigenvalue weighted by Gasteiger charge is -2.14. The van der Waals surface area contributed by atoms with Crippen LogP contribution in [0.4, 0.5) is 0 Å². The third-order valence-corrected chi connectivity index (χ3v) is 3.23. The van der Waals surface area contributed by atoms with Crippen molar-refractivity contribution in [1.29, 1.82) is 0 Å². The lowest BCUT2D eigenvalue weighted by atomic mass is 10.1. The summed E-state index contributed by atoms with van der Waals surface area (Å²) >= 11 is 7.46. The smallest absolute Gasteiger partial charge is 0.0526 e. The van der Waals surface area contributed by atoms with Gasteiger partial charge >= 0.3 is 0 Å². The van der Waals surface area contributed by atoms with Crippen LogP contribution in [-0.2, 0) is 6.54 Å². The van der Waals surface area contributed by atoms with Crippen LogP contribution in [0, 0.1) is 0 Å². The highest BCUT2D eigenvalue weighted by Crippen LogP contribution is 2.18. The van der Waals surface area contributed by atoms with E-state index in [2.05, 4.69) is 12.2 Å². The number of rotatable bonds is 5. The van der Waals surface area contributed by atoms with Crippen LogP contribution >= 0.6 is 22.9 Å². The van der Waals surface area contributed by atoms with E-state index in [1.54, 1.807) is 18.3 Å². The van der Waals surface area contributed by atoms with Crippen molar-refractivity contribution in [3.05, 3.63) is 21.3 Å². The van der Waals surface area contributed by atoms with Gasteiger partial charge in [0, 0.05) is 22.8 Å². The van der Waals surface area contributed by atoms with Gasteiger partial charge in [0.05, 0.1) is 11.1 Å². The monoisotopic (exact) mass is 233 g/mol. The average molecular weight is 234 g/mol. The number of hydrogen-bond donors (Lipinski definition) is 2. The fourth-order valence-corrected chi connectivity index (χ4v) is 2.34. The molecule has 2 atom stereocenters. The van der Waals surface area contributed by atoms with Gasteiger partial charge in [-0.25, -0.2) is 0 Å². The molecule has 0 saturated heterocycles. The molecule has 0 saturated carbocycles. The van der Waals surface area contributed by atoms with E-state index in [-0.39, 0.29) is 6.10 Å². The molecule has 0 amide bonds. The molecule has 2 N–H and O–H groups in total. The molecule has 0 radical (unpaired) electrons. The molecule has 0 aromatic carbocycles. The van der Waals surface area contributed by atoms with E-state index in [0.29, 0.717) is 6.04 Å². The second-order valence-electron chi connectivity index (χ2n) is 3.60. The van der Waals surface area contributed by atoms with Crippen molar-refractivity contribution in [2.24, 2.45) is 0 Å². The van der Waals surface area contributed by atoms with Crippen LogP contribution in [-0.4, -0.2) is 17.3 Å². The Morgan fingerprint density at radius 1 is 1.57 bits per heavy atom. The molecule has 0 aliphatic rings. The van der Waals surface area contributed by atoms with Crippen molar-refractivity contribution in [2.45, 2.75) is 39.0 Å². The molecule has 1 rings (SSSR count). The third kappa shape index (κ3) is 4.42. The summed E-state index contributed by atoms with van der Waals surface area (Å²) in [7, 11) is 0. The molecular weight excluding hydrogens is 218 g/mol. The van der Waals surface area contributed by atoms with Gasteiger partial charge in [-0.05, 0) is 26.3 Å². The maximum absolute atomic E-state index is 9.17. The van der Waals surface area contributed by atoms with Gasteiger partial charge < -0.3 is 10.4 Å². The summed E-state index contributed by atoms with van der Waals surface area (Å²) in [4.78, 5) is 1.23. The number of aliphatic hydroxyl groups excluding tert-OH is 1. The number of halogens is 1. The van der Waals surface area contributed by atoms with Crippen LogP contribution in [0.15, 0.2) is 11.4 Å². The number of nitrogens with one attached hydrogen (secondary N) is 1. The Morgan fingerprint density at radius 2 is 2.29 bits per heavy atom. The van der Waals surface area contributed by atoms with Crippen LogP contribution in [0.3, 0.4) is 0 Å². The van der Waals surface area contributed by atoms with Crippen molar-refractivity contribution >= 4 is 22.9 Å². The van der Waals surface area contributed by atoms with Gasteiger partial charge in [0.2, 0.25) is 0 Å². The summed E-state index contributed by atoms with van der Waals surface area (Å²) in [6, 6.07) is 2.30. The van der Waals surface area contributed by atoms with E-state index < -0.39 is 0 Å². The first-order valence-electron chi connectivity index (χ1n) is 4.72. The third-order valence-electron chi connectivity index (χ3n) is 1.94. The van der Waals surface area contributed by atoms with Gasteiger partial charge in [0.1, 0.15) is 0 Å². The maximum atomic E-state index is 9.17. The van der Waals surface area contributed by atoms with Gasteiger partial charge in [0.15, 0.2) is 0 Å². The Kier molecular flexibility index (Phi) is 4.89. The molecule has 2 unspecified atom stereocenters. The number of thiophene rings is 1. The lowest BCUT2D eigenvalue weighted by Crippen LogP contribution is -2.28. The average Bonchev–Trinajstić information content (AvgIpc) is 2.47. The Bertz CT molecular complexity index is 275. The summed E-state index contributed by atoms with van der Waals surface area (Å²) < 4.78 is 0. The van der Waals surface area contributed by atoms with Crippen molar-refractivity contribution in [3.8, 4) is 0 Å². The van der Waals surface area contributed by atoms with Crippen molar-refractivity contribution in [1.82, 2.24) is 5.32 Å². The highest BCUT2D eigenvalue weighted by Gasteiger charge is 2.05. The predicted molar refractivity (Wildman–Crippen MR) is 61.9 cm³/mol. The van der Waals surface area contributed by atoms with Crippen LogP contribution in [0.25, 0.3) is 0 Å². The highest BCUT2D eigenvalue weighted by atomic mass is 35.5. The molecule has 0 bridgehead atoms. The molecule has 1 heterocycles. The highest BCUT2D eigenvalue weighted by molar-refractivity contribution is 7.10. The standard InChI is InChI=1S/C10H16ClNOS/c1-7(3-8(2)13)12-5-10-4-9(11)6-14-10/h4,6-8,12-13H,3,5H2,1-2H3.